The first-order valence-electron chi connectivity index (χ1n) is 16.8. The monoisotopic (exact) mass is 750 g/mol. The summed E-state index contributed by atoms with van der Waals surface area (Å²) in [4.78, 5) is 39.3. The summed E-state index contributed by atoms with van der Waals surface area (Å²) in [6, 6.07) is 7.79. The molecule has 3 aliphatic rings. The highest BCUT2D eigenvalue weighted by molar-refractivity contribution is 7.10. The maximum absolute atomic E-state index is 15.0. The van der Waals surface area contributed by atoms with Gasteiger partial charge in [0.1, 0.15) is 16.4 Å². The summed E-state index contributed by atoms with van der Waals surface area (Å²) in [6.07, 6.45) is -6.48. The van der Waals surface area contributed by atoms with Crippen LogP contribution in [0.2, 0.25) is 0 Å². The fraction of sp³-hybridized carbons (Fsp3) is 0.486. The zero-order valence-electron chi connectivity index (χ0n) is 28.3. The number of amides is 2. The smallest absolute Gasteiger partial charge is 0.425 e. The van der Waals surface area contributed by atoms with Crippen molar-refractivity contribution in [2.45, 2.75) is 74.9 Å². The molecular formula is C35H36F6N6O4S. The number of amidine groups is 1. The SMILES string of the molecule is CCC[C@H]1N(C(=O)c2cnccc2C(F)(F)F)CCC[C@@]1(Oc1csc(C(F)(F)F)c1)C(=O)N1CCC(C2=NCN=N2)(c2ccccc2OC)CC1. The zero-order valence-corrected chi connectivity index (χ0v) is 29.2. The van der Waals surface area contributed by atoms with E-state index in [4.69, 9.17) is 9.47 Å². The molecule has 278 valence electrons. The number of ether oxygens (including phenoxy) is 2. The summed E-state index contributed by atoms with van der Waals surface area (Å²) in [5.41, 5.74) is -3.78. The quantitative estimate of drug-likeness (QED) is 0.208. The van der Waals surface area contributed by atoms with E-state index in [9.17, 15) is 31.1 Å². The number of pyridine rings is 1. The van der Waals surface area contributed by atoms with E-state index in [1.807, 2.05) is 24.3 Å². The van der Waals surface area contributed by atoms with Crippen molar-refractivity contribution >= 4 is 29.0 Å². The number of piperidine rings is 2. The number of carbonyl (C=O) groups excluding carboxylic acids is 2. The number of alkyl halides is 6. The van der Waals surface area contributed by atoms with Crippen molar-refractivity contribution in [3.63, 3.8) is 0 Å². The molecule has 3 aromatic rings. The van der Waals surface area contributed by atoms with Crippen LogP contribution in [0.3, 0.4) is 0 Å². The van der Waals surface area contributed by atoms with Gasteiger partial charge in [-0.3, -0.25) is 14.6 Å². The number of thiophene rings is 1. The molecule has 0 radical (unpaired) electrons. The van der Waals surface area contributed by atoms with Crippen LogP contribution in [0.1, 0.15) is 71.8 Å². The average molecular weight is 751 g/mol. The Bertz CT molecular complexity index is 1850. The maximum Gasteiger partial charge on any atom is 0.425 e. The van der Waals surface area contributed by atoms with Gasteiger partial charge in [-0.1, -0.05) is 31.5 Å². The number of rotatable bonds is 9. The first kappa shape index (κ1) is 37.2. The van der Waals surface area contributed by atoms with Gasteiger partial charge in [0.05, 0.1) is 29.7 Å². The van der Waals surface area contributed by atoms with Gasteiger partial charge in [-0.05, 0) is 37.8 Å². The van der Waals surface area contributed by atoms with E-state index in [0.29, 0.717) is 48.3 Å². The molecule has 0 aliphatic carbocycles. The van der Waals surface area contributed by atoms with E-state index in [2.05, 4.69) is 20.2 Å². The van der Waals surface area contributed by atoms with Crippen LogP contribution in [0.15, 0.2) is 69.4 Å². The van der Waals surface area contributed by atoms with Crippen LogP contribution in [0.5, 0.6) is 11.5 Å². The minimum Gasteiger partial charge on any atom is -0.496 e. The summed E-state index contributed by atoms with van der Waals surface area (Å²) in [7, 11) is 1.55. The molecule has 3 aliphatic heterocycles. The molecule has 2 aromatic heterocycles. The van der Waals surface area contributed by atoms with E-state index in [-0.39, 0.29) is 51.3 Å². The lowest BCUT2D eigenvalue weighted by Gasteiger charge is -2.51. The molecule has 1 aromatic carbocycles. The van der Waals surface area contributed by atoms with Crippen LogP contribution in [-0.2, 0) is 22.6 Å². The molecule has 6 rings (SSSR count). The minimum absolute atomic E-state index is 0.00567. The van der Waals surface area contributed by atoms with Crippen LogP contribution in [-0.4, -0.2) is 77.5 Å². The zero-order chi connectivity index (χ0) is 37.3. The Labute approximate surface area is 299 Å². The molecule has 2 atom stereocenters. The second-order valence-corrected chi connectivity index (χ2v) is 13.8. The normalized spacial score (nSPS) is 21.9. The van der Waals surface area contributed by atoms with Gasteiger partial charge in [0.2, 0.25) is 5.60 Å². The molecule has 5 heterocycles. The van der Waals surface area contributed by atoms with Crippen LogP contribution in [0.25, 0.3) is 0 Å². The summed E-state index contributed by atoms with van der Waals surface area (Å²) < 4.78 is 95.4. The van der Waals surface area contributed by atoms with Gasteiger partial charge in [-0.25, -0.2) is 4.99 Å². The lowest BCUT2D eigenvalue weighted by atomic mass is 9.70. The number of aliphatic imine (C=N–C) groups is 1. The fourth-order valence-electron chi connectivity index (χ4n) is 7.59. The highest BCUT2D eigenvalue weighted by Gasteiger charge is 2.57. The number of para-hydroxylation sites is 1. The summed E-state index contributed by atoms with van der Waals surface area (Å²) >= 11 is 0.396. The Morgan fingerprint density at radius 3 is 2.40 bits per heavy atom. The van der Waals surface area contributed by atoms with Gasteiger partial charge in [-0.2, -0.15) is 31.5 Å². The van der Waals surface area contributed by atoms with Crippen LogP contribution >= 0.6 is 11.3 Å². The molecule has 2 amide bonds. The fourth-order valence-corrected chi connectivity index (χ4v) is 8.27. The standard InChI is InChI=1S/C35H36F6N6O4S/c1-3-7-27-33(51-22-18-28(52-20-22)35(39,40)41,11-6-15-47(27)29(48)23-19-42-14-10-24(23)34(36,37)38)31(49)46-16-12-32(13-17-46,30-43-21-44-45-30)25-8-4-5-9-26(25)50-2/h4-5,8-10,14,18-20,27H,3,6-7,11-13,15-17,21H2,1-2H3/t27-,33+/m1/s1. The molecule has 2 saturated heterocycles. The van der Waals surface area contributed by atoms with Gasteiger partial charge in [-0.15, -0.1) is 16.5 Å². The second kappa shape index (κ2) is 14.5. The molecule has 0 unspecified atom stereocenters. The number of halogens is 6. The van der Waals surface area contributed by atoms with Crippen molar-refractivity contribution in [2.24, 2.45) is 15.2 Å². The molecule has 52 heavy (non-hydrogen) atoms. The number of methoxy groups -OCH3 is 1. The Hall–Kier alpha value is -4.54. The Morgan fingerprint density at radius 1 is 1.02 bits per heavy atom. The topological polar surface area (TPSA) is 109 Å². The van der Waals surface area contributed by atoms with Gasteiger partial charge < -0.3 is 19.3 Å². The van der Waals surface area contributed by atoms with Gasteiger partial charge >= 0.3 is 12.4 Å². The summed E-state index contributed by atoms with van der Waals surface area (Å²) in [5, 5.41) is 9.53. The Balaban J connectivity index is 1.40. The average Bonchev–Trinajstić information content (AvgIpc) is 3.85. The van der Waals surface area contributed by atoms with Crippen molar-refractivity contribution in [1.82, 2.24) is 14.8 Å². The third-order valence-corrected chi connectivity index (χ3v) is 10.9. The molecule has 0 bridgehead atoms. The maximum atomic E-state index is 15.0. The Morgan fingerprint density at radius 2 is 1.77 bits per heavy atom. The third kappa shape index (κ3) is 6.86. The molecule has 0 N–H and O–H groups in total. The molecular weight excluding hydrogens is 714 g/mol. The van der Waals surface area contributed by atoms with Crippen molar-refractivity contribution in [2.75, 3.05) is 33.4 Å². The van der Waals surface area contributed by atoms with Crippen molar-refractivity contribution in [3.05, 3.63) is 75.7 Å². The molecule has 0 saturated carbocycles. The predicted molar refractivity (Wildman–Crippen MR) is 179 cm³/mol. The third-order valence-electron chi connectivity index (χ3n) is 9.96. The number of carbonyl (C=O) groups is 2. The molecule has 17 heteroatoms. The number of benzene rings is 1. The van der Waals surface area contributed by atoms with Gasteiger partial charge in [0, 0.05) is 55.5 Å². The number of aromatic nitrogens is 1. The number of likely N-dealkylation sites (tertiary alicyclic amines) is 2. The lowest BCUT2D eigenvalue weighted by Crippen LogP contribution is -2.69. The van der Waals surface area contributed by atoms with Crippen LogP contribution < -0.4 is 9.47 Å². The lowest BCUT2D eigenvalue weighted by molar-refractivity contribution is -0.160. The molecule has 2 fully saturated rings. The second-order valence-electron chi connectivity index (χ2n) is 12.9. The van der Waals surface area contributed by atoms with E-state index >= 15 is 4.79 Å². The highest BCUT2D eigenvalue weighted by atomic mass is 32.1. The summed E-state index contributed by atoms with van der Waals surface area (Å²) in [5.74, 6) is -0.709. The van der Waals surface area contributed by atoms with Crippen molar-refractivity contribution < 1.29 is 45.4 Å². The molecule has 0 spiro atoms. The number of hydrogen-bond acceptors (Lipinski definition) is 9. The largest absolute Gasteiger partial charge is 0.496 e. The van der Waals surface area contributed by atoms with E-state index in [1.165, 1.54) is 4.90 Å². The van der Waals surface area contributed by atoms with Crippen LogP contribution in [0, 0.1) is 0 Å². The van der Waals surface area contributed by atoms with E-state index in [0.717, 1.165) is 29.4 Å². The van der Waals surface area contributed by atoms with Crippen molar-refractivity contribution in [3.8, 4) is 11.5 Å². The van der Waals surface area contributed by atoms with E-state index in [1.54, 1.807) is 18.9 Å². The van der Waals surface area contributed by atoms with Crippen LogP contribution in [0.4, 0.5) is 26.3 Å². The number of azo groups is 1. The summed E-state index contributed by atoms with van der Waals surface area (Å²) in [6.45, 7) is 2.21. The van der Waals surface area contributed by atoms with E-state index < -0.39 is 57.2 Å². The number of nitrogens with zero attached hydrogens (tertiary/aromatic N) is 6. The number of hydrogen-bond donors (Lipinski definition) is 0. The van der Waals surface area contributed by atoms with Gasteiger partial charge in [0.25, 0.3) is 11.8 Å². The Kier molecular flexibility index (Phi) is 10.4. The first-order valence-corrected chi connectivity index (χ1v) is 17.7. The van der Waals surface area contributed by atoms with Crippen molar-refractivity contribution in [1.29, 1.82) is 0 Å². The van der Waals surface area contributed by atoms with Gasteiger partial charge in [0.15, 0.2) is 12.5 Å². The molecule has 10 nitrogen and oxygen atoms in total. The first-order chi connectivity index (χ1) is 24.7. The predicted octanol–water partition coefficient (Wildman–Crippen LogP) is 7.79. The minimum atomic E-state index is -4.87. The highest BCUT2D eigenvalue weighted by Crippen LogP contribution is 2.46.